The highest BCUT2D eigenvalue weighted by atomic mass is 16.7. The van der Waals surface area contributed by atoms with Crippen LogP contribution in [-0.2, 0) is 0 Å². The molecule has 0 fully saturated rings. The Balaban J connectivity index is 2.15. The van der Waals surface area contributed by atoms with E-state index in [9.17, 15) is 4.79 Å². The third kappa shape index (κ3) is 2.48. The Hall–Kier alpha value is -1.95. The van der Waals surface area contributed by atoms with Crippen LogP contribution in [0.15, 0.2) is 12.1 Å². The van der Waals surface area contributed by atoms with Gasteiger partial charge in [0.2, 0.25) is 6.79 Å². The van der Waals surface area contributed by atoms with E-state index in [2.05, 4.69) is 5.32 Å². The van der Waals surface area contributed by atoms with Gasteiger partial charge in [-0.25, -0.2) is 0 Å². The number of benzene rings is 1. The maximum absolute atomic E-state index is 12.0. The van der Waals surface area contributed by atoms with E-state index in [1.165, 1.54) is 0 Å². The number of ether oxygens (including phenoxy) is 2. The molecule has 1 unspecified atom stereocenters. The van der Waals surface area contributed by atoms with Crippen molar-refractivity contribution in [3.05, 3.63) is 17.7 Å². The van der Waals surface area contributed by atoms with Crippen LogP contribution in [0.1, 0.15) is 23.7 Å². The predicted octanol–water partition coefficient (Wildman–Crippen LogP) is 0.498. The number of hydrogen-bond donors (Lipinski definition) is 3. The van der Waals surface area contributed by atoms with Gasteiger partial charge in [0.25, 0.3) is 5.91 Å². The smallest absolute Gasteiger partial charge is 0.253 e. The Morgan fingerprint density at radius 2 is 2.17 bits per heavy atom. The van der Waals surface area contributed by atoms with Gasteiger partial charge in [0, 0.05) is 24.4 Å². The van der Waals surface area contributed by atoms with Crippen molar-refractivity contribution in [3.8, 4) is 11.5 Å². The van der Waals surface area contributed by atoms with E-state index < -0.39 is 0 Å². The van der Waals surface area contributed by atoms with E-state index in [0.29, 0.717) is 29.2 Å². The van der Waals surface area contributed by atoms with Crippen LogP contribution in [0.2, 0.25) is 0 Å². The summed E-state index contributed by atoms with van der Waals surface area (Å²) in [5.41, 5.74) is 6.49. The summed E-state index contributed by atoms with van der Waals surface area (Å²) in [5.74, 6) is 0.781. The fraction of sp³-hybridized carbons (Fsp3) is 0.417. The molecule has 0 aromatic heterocycles. The number of carbonyl (C=O) groups excluding carboxylic acids is 1. The molecular formula is C12H16N2O4. The molecule has 1 amide bonds. The van der Waals surface area contributed by atoms with Gasteiger partial charge in [-0.3, -0.25) is 4.79 Å². The first-order chi connectivity index (χ1) is 8.61. The first-order valence-corrected chi connectivity index (χ1v) is 5.72. The molecule has 0 radical (unpaired) electrons. The molecule has 2 rings (SSSR count). The van der Waals surface area contributed by atoms with Crippen molar-refractivity contribution in [1.29, 1.82) is 0 Å². The molecule has 1 aromatic rings. The predicted molar refractivity (Wildman–Crippen MR) is 65.6 cm³/mol. The Morgan fingerprint density at radius 1 is 1.50 bits per heavy atom. The third-order valence-corrected chi connectivity index (χ3v) is 2.73. The van der Waals surface area contributed by atoms with Crippen LogP contribution >= 0.6 is 0 Å². The Kier molecular flexibility index (Phi) is 3.57. The molecule has 4 N–H and O–H groups in total. The number of anilines is 1. The molecule has 1 aliphatic heterocycles. The summed E-state index contributed by atoms with van der Waals surface area (Å²) in [4.78, 5) is 12.0. The van der Waals surface area contributed by atoms with Gasteiger partial charge in [0.15, 0.2) is 11.5 Å². The standard InChI is InChI=1S/C12H16N2O4/c1-7(2-3-15)14-12(16)8-4-10-11(5-9(8)13)18-6-17-10/h4-5,7,15H,2-3,6,13H2,1H3,(H,14,16). The molecule has 0 bridgehead atoms. The zero-order valence-corrected chi connectivity index (χ0v) is 10.1. The first kappa shape index (κ1) is 12.5. The number of aliphatic hydroxyl groups excluding tert-OH is 1. The van der Waals surface area contributed by atoms with Gasteiger partial charge < -0.3 is 25.6 Å². The number of aliphatic hydroxyl groups is 1. The topological polar surface area (TPSA) is 93.8 Å². The normalized spacial score (nSPS) is 14.3. The Labute approximate surface area is 105 Å². The average molecular weight is 252 g/mol. The monoisotopic (exact) mass is 252 g/mol. The van der Waals surface area contributed by atoms with Crippen molar-refractivity contribution in [2.24, 2.45) is 0 Å². The quantitative estimate of drug-likeness (QED) is 0.678. The van der Waals surface area contributed by atoms with Crippen LogP contribution in [0, 0.1) is 0 Å². The minimum atomic E-state index is -0.285. The van der Waals surface area contributed by atoms with Crippen LogP contribution in [0.25, 0.3) is 0 Å². The number of nitrogen functional groups attached to an aromatic ring is 1. The van der Waals surface area contributed by atoms with Gasteiger partial charge in [-0.1, -0.05) is 0 Å². The average Bonchev–Trinajstić information content (AvgIpc) is 2.74. The Morgan fingerprint density at radius 3 is 2.83 bits per heavy atom. The summed E-state index contributed by atoms with van der Waals surface area (Å²) in [6.45, 7) is 1.98. The second-order valence-electron chi connectivity index (χ2n) is 4.18. The largest absolute Gasteiger partial charge is 0.454 e. The maximum Gasteiger partial charge on any atom is 0.253 e. The lowest BCUT2D eigenvalue weighted by molar-refractivity contribution is 0.0935. The summed E-state index contributed by atoms with van der Waals surface area (Å²) in [6, 6.07) is 3.03. The van der Waals surface area contributed by atoms with E-state index in [0.717, 1.165) is 0 Å². The molecule has 1 aliphatic rings. The molecule has 1 atom stereocenters. The van der Waals surface area contributed by atoms with Crippen molar-refractivity contribution in [2.45, 2.75) is 19.4 Å². The van der Waals surface area contributed by atoms with Crippen LogP contribution in [-0.4, -0.2) is 30.5 Å². The summed E-state index contributed by atoms with van der Waals surface area (Å²) in [5, 5.41) is 11.5. The maximum atomic E-state index is 12.0. The molecule has 1 aromatic carbocycles. The number of nitrogens with one attached hydrogen (secondary N) is 1. The molecule has 0 spiro atoms. The molecule has 18 heavy (non-hydrogen) atoms. The summed E-state index contributed by atoms with van der Waals surface area (Å²) in [7, 11) is 0. The summed E-state index contributed by atoms with van der Waals surface area (Å²) < 4.78 is 10.4. The van der Waals surface area contributed by atoms with Crippen molar-refractivity contribution in [3.63, 3.8) is 0 Å². The van der Waals surface area contributed by atoms with Gasteiger partial charge in [0.1, 0.15) is 0 Å². The SMILES string of the molecule is CC(CCO)NC(=O)c1cc2c(cc1N)OCO2. The minimum absolute atomic E-state index is 0.0259. The fourth-order valence-corrected chi connectivity index (χ4v) is 1.72. The zero-order chi connectivity index (χ0) is 13.1. The number of nitrogens with two attached hydrogens (primary N) is 1. The van der Waals surface area contributed by atoms with Crippen molar-refractivity contribution < 1.29 is 19.4 Å². The third-order valence-electron chi connectivity index (χ3n) is 2.73. The molecule has 1 heterocycles. The highest BCUT2D eigenvalue weighted by Crippen LogP contribution is 2.35. The van der Waals surface area contributed by atoms with Crippen molar-refractivity contribution >= 4 is 11.6 Å². The van der Waals surface area contributed by atoms with Crippen LogP contribution < -0.4 is 20.5 Å². The lowest BCUT2D eigenvalue weighted by Gasteiger charge is -2.13. The number of fused-ring (bicyclic) bond motifs is 1. The summed E-state index contributed by atoms with van der Waals surface area (Å²) >= 11 is 0. The second kappa shape index (κ2) is 5.14. The second-order valence-corrected chi connectivity index (χ2v) is 4.18. The van der Waals surface area contributed by atoms with Crippen LogP contribution in [0.5, 0.6) is 11.5 Å². The molecule has 0 saturated carbocycles. The summed E-state index contributed by atoms with van der Waals surface area (Å²) in [6.07, 6.45) is 0.496. The fourth-order valence-electron chi connectivity index (χ4n) is 1.72. The Bertz CT molecular complexity index is 462. The van der Waals surface area contributed by atoms with Crippen molar-refractivity contribution in [2.75, 3.05) is 19.1 Å². The molecule has 98 valence electrons. The van der Waals surface area contributed by atoms with Crippen molar-refractivity contribution in [1.82, 2.24) is 5.32 Å². The molecule has 6 heteroatoms. The van der Waals surface area contributed by atoms with Crippen LogP contribution in [0.3, 0.4) is 0 Å². The van der Waals surface area contributed by atoms with E-state index >= 15 is 0 Å². The van der Waals surface area contributed by atoms with Gasteiger partial charge in [-0.15, -0.1) is 0 Å². The van der Waals surface area contributed by atoms with E-state index in [1.54, 1.807) is 12.1 Å². The molecular weight excluding hydrogens is 236 g/mol. The number of carbonyl (C=O) groups is 1. The van der Waals surface area contributed by atoms with E-state index in [4.69, 9.17) is 20.3 Å². The van der Waals surface area contributed by atoms with E-state index in [1.807, 2.05) is 6.92 Å². The van der Waals surface area contributed by atoms with Crippen LogP contribution in [0.4, 0.5) is 5.69 Å². The number of rotatable bonds is 4. The number of hydrogen-bond acceptors (Lipinski definition) is 5. The molecule has 6 nitrogen and oxygen atoms in total. The van der Waals surface area contributed by atoms with Gasteiger partial charge in [-0.2, -0.15) is 0 Å². The number of amides is 1. The highest BCUT2D eigenvalue weighted by Gasteiger charge is 2.20. The van der Waals surface area contributed by atoms with E-state index in [-0.39, 0.29) is 25.3 Å². The zero-order valence-electron chi connectivity index (χ0n) is 10.1. The molecule has 0 saturated heterocycles. The highest BCUT2D eigenvalue weighted by molar-refractivity contribution is 6.00. The minimum Gasteiger partial charge on any atom is -0.454 e. The lowest BCUT2D eigenvalue weighted by atomic mass is 10.1. The van der Waals surface area contributed by atoms with Gasteiger partial charge in [-0.05, 0) is 19.4 Å². The van der Waals surface area contributed by atoms with Gasteiger partial charge >= 0.3 is 0 Å². The molecule has 0 aliphatic carbocycles. The van der Waals surface area contributed by atoms with Gasteiger partial charge in [0.05, 0.1) is 5.56 Å². The lowest BCUT2D eigenvalue weighted by Crippen LogP contribution is -2.33. The first-order valence-electron chi connectivity index (χ1n) is 5.72.